The Morgan fingerprint density at radius 3 is 1.61 bits per heavy atom. The van der Waals surface area contributed by atoms with Gasteiger partial charge in [-0.2, -0.15) is 0 Å². The monoisotopic (exact) mass is 728 g/mol. The van der Waals surface area contributed by atoms with Crippen LogP contribution < -0.4 is 0 Å². The van der Waals surface area contributed by atoms with Gasteiger partial charge in [-0.3, -0.25) is 0 Å². The number of aromatic nitrogens is 4. The summed E-state index contributed by atoms with van der Waals surface area (Å²) < 4.78 is 11.3. The van der Waals surface area contributed by atoms with Gasteiger partial charge in [-0.15, -0.1) is 0 Å². The molecule has 5 nitrogen and oxygen atoms in total. The molecular formula is C52H32N4O. The molecule has 0 amide bonds. The summed E-state index contributed by atoms with van der Waals surface area (Å²) in [6.45, 7) is 0. The third-order valence-electron chi connectivity index (χ3n) is 11.3. The second-order valence-corrected chi connectivity index (χ2v) is 14.6. The van der Waals surface area contributed by atoms with Gasteiger partial charge in [-0.05, 0) is 66.7 Å². The van der Waals surface area contributed by atoms with Crippen LogP contribution in [-0.2, 0) is 0 Å². The molecule has 0 aliphatic carbocycles. The number of benzene rings is 8. The highest BCUT2D eigenvalue weighted by atomic mass is 16.3. The summed E-state index contributed by atoms with van der Waals surface area (Å²) in [5.41, 5.74) is 13.3. The van der Waals surface area contributed by atoms with Crippen LogP contribution in [0, 0.1) is 0 Å². The summed E-state index contributed by atoms with van der Waals surface area (Å²) in [4.78, 5) is 10.3. The molecule has 8 aromatic carbocycles. The van der Waals surface area contributed by atoms with E-state index in [-0.39, 0.29) is 0 Å². The minimum atomic E-state index is 0.681. The zero-order chi connectivity index (χ0) is 37.5. The van der Waals surface area contributed by atoms with E-state index < -0.39 is 0 Å². The maximum Gasteiger partial charge on any atom is 0.160 e. The van der Waals surface area contributed by atoms with Gasteiger partial charge in [0.2, 0.25) is 0 Å². The summed E-state index contributed by atoms with van der Waals surface area (Å²) in [6, 6.07) is 68.2. The van der Waals surface area contributed by atoms with E-state index in [1.165, 1.54) is 16.2 Å². The molecular weight excluding hydrogens is 697 g/mol. The van der Waals surface area contributed by atoms with Gasteiger partial charge in [-0.25, -0.2) is 9.97 Å². The maximum absolute atomic E-state index is 6.50. The lowest BCUT2D eigenvalue weighted by atomic mass is 10.0. The van der Waals surface area contributed by atoms with Crippen LogP contribution in [0.25, 0.3) is 111 Å². The van der Waals surface area contributed by atoms with Crippen LogP contribution in [0.5, 0.6) is 0 Å². The van der Waals surface area contributed by atoms with Crippen molar-refractivity contribution in [3.8, 4) is 45.3 Å². The number of furan rings is 1. The molecule has 0 unspecified atom stereocenters. The van der Waals surface area contributed by atoms with E-state index in [9.17, 15) is 0 Å². The highest BCUT2D eigenvalue weighted by Gasteiger charge is 2.22. The van der Waals surface area contributed by atoms with Crippen LogP contribution in [0.2, 0.25) is 0 Å². The second-order valence-electron chi connectivity index (χ2n) is 14.6. The lowest BCUT2D eigenvalue weighted by Crippen LogP contribution is -1.98. The van der Waals surface area contributed by atoms with Crippen molar-refractivity contribution in [2.75, 3.05) is 0 Å². The molecule has 0 fully saturated rings. The zero-order valence-electron chi connectivity index (χ0n) is 30.7. The van der Waals surface area contributed by atoms with Gasteiger partial charge < -0.3 is 13.6 Å². The van der Waals surface area contributed by atoms with E-state index >= 15 is 0 Å². The molecule has 12 rings (SSSR count). The smallest absolute Gasteiger partial charge is 0.160 e. The first-order chi connectivity index (χ1) is 28.3. The quantitative estimate of drug-likeness (QED) is 0.177. The summed E-state index contributed by atoms with van der Waals surface area (Å²) in [6.07, 6.45) is 0. The first kappa shape index (κ1) is 31.6. The van der Waals surface area contributed by atoms with Crippen LogP contribution in [0.4, 0.5) is 0 Å². The van der Waals surface area contributed by atoms with Crippen molar-refractivity contribution >= 4 is 65.6 Å². The lowest BCUT2D eigenvalue weighted by molar-refractivity contribution is 0.669. The van der Waals surface area contributed by atoms with Gasteiger partial charge in [0.05, 0.1) is 33.5 Å². The van der Waals surface area contributed by atoms with Crippen molar-refractivity contribution in [3.63, 3.8) is 0 Å². The first-order valence-electron chi connectivity index (χ1n) is 19.2. The molecule has 0 aliphatic rings. The van der Waals surface area contributed by atoms with Gasteiger partial charge in [0.15, 0.2) is 5.82 Å². The van der Waals surface area contributed by atoms with Crippen LogP contribution in [0.3, 0.4) is 0 Å². The van der Waals surface area contributed by atoms with Crippen LogP contribution in [-0.4, -0.2) is 19.1 Å². The van der Waals surface area contributed by atoms with Gasteiger partial charge in [0.1, 0.15) is 11.2 Å². The average molecular weight is 729 g/mol. The fraction of sp³-hybridized carbons (Fsp3) is 0. The summed E-state index contributed by atoms with van der Waals surface area (Å²) >= 11 is 0. The Hall–Kier alpha value is -7.76. The number of hydrogen-bond donors (Lipinski definition) is 0. The molecule has 0 spiro atoms. The minimum absolute atomic E-state index is 0.681. The summed E-state index contributed by atoms with van der Waals surface area (Å²) in [5, 5.41) is 6.98. The van der Waals surface area contributed by atoms with Gasteiger partial charge in [-0.1, -0.05) is 127 Å². The maximum atomic E-state index is 6.50. The summed E-state index contributed by atoms with van der Waals surface area (Å²) in [5.74, 6) is 0.681. The van der Waals surface area contributed by atoms with Gasteiger partial charge in [0, 0.05) is 60.4 Å². The standard InChI is InChI=1S/C52H32N4O/c1-4-15-33(16-5-1)42-32-43(34-17-6-2-7-18-34)54-52(53-42)35-19-14-22-37(29-35)56-44-25-12-10-24-39(44)50-45(56)27-28-46-51(50)41-31-49-40(38-23-11-13-26-48(38)57-49)30-47(41)55(46)36-20-8-3-9-21-36/h1-32H. The van der Waals surface area contributed by atoms with Gasteiger partial charge in [0.25, 0.3) is 0 Å². The Morgan fingerprint density at radius 2 is 0.895 bits per heavy atom. The molecule has 0 atom stereocenters. The molecule has 0 N–H and O–H groups in total. The molecule has 0 bridgehead atoms. The minimum Gasteiger partial charge on any atom is -0.456 e. The fourth-order valence-corrected chi connectivity index (χ4v) is 8.79. The Bertz CT molecular complexity index is 3450. The van der Waals surface area contributed by atoms with Crippen molar-refractivity contribution in [2.24, 2.45) is 0 Å². The molecule has 57 heavy (non-hydrogen) atoms. The van der Waals surface area contributed by atoms with E-state index in [2.05, 4.69) is 185 Å². The van der Waals surface area contributed by atoms with Gasteiger partial charge >= 0.3 is 0 Å². The normalized spacial score (nSPS) is 11.9. The molecule has 0 saturated heterocycles. The van der Waals surface area contributed by atoms with Crippen molar-refractivity contribution in [1.29, 1.82) is 0 Å². The molecule has 0 radical (unpaired) electrons. The molecule has 12 aromatic rings. The van der Waals surface area contributed by atoms with Crippen molar-refractivity contribution in [1.82, 2.24) is 19.1 Å². The number of rotatable bonds is 5. The van der Waals surface area contributed by atoms with Crippen LogP contribution in [0.15, 0.2) is 199 Å². The molecule has 4 heterocycles. The second kappa shape index (κ2) is 12.4. The third kappa shape index (κ3) is 4.89. The average Bonchev–Trinajstić information content (AvgIpc) is 3.93. The third-order valence-corrected chi connectivity index (χ3v) is 11.3. The fourth-order valence-electron chi connectivity index (χ4n) is 8.79. The zero-order valence-corrected chi connectivity index (χ0v) is 30.7. The van der Waals surface area contributed by atoms with E-state index in [1.807, 2.05) is 18.2 Å². The highest BCUT2D eigenvalue weighted by Crippen LogP contribution is 2.44. The number of nitrogens with zero attached hydrogens (tertiary/aromatic N) is 4. The predicted octanol–water partition coefficient (Wildman–Crippen LogP) is 13.6. The Morgan fingerprint density at radius 1 is 0.333 bits per heavy atom. The van der Waals surface area contributed by atoms with Crippen molar-refractivity contribution < 1.29 is 4.42 Å². The molecule has 5 heteroatoms. The first-order valence-corrected chi connectivity index (χ1v) is 19.2. The topological polar surface area (TPSA) is 48.8 Å². The highest BCUT2D eigenvalue weighted by molar-refractivity contribution is 6.30. The molecule has 0 saturated carbocycles. The SMILES string of the molecule is c1ccc(-c2cc(-c3ccccc3)nc(-c3cccc(-n4c5ccccc5c5c6c7cc8oc9ccccc9c8cc7n(-c7ccccc7)c6ccc54)c3)n2)cc1. The van der Waals surface area contributed by atoms with E-state index in [0.29, 0.717) is 5.82 Å². The van der Waals surface area contributed by atoms with E-state index in [0.717, 1.165) is 88.8 Å². The Labute approximate surface area is 327 Å². The van der Waals surface area contributed by atoms with E-state index in [4.69, 9.17) is 14.4 Å². The predicted molar refractivity (Wildman–Crippen MR) is 234 cm³/mol. The molecule has 4 aromatic heterocycles. The number of fused-ring (bicyclic) bond motifs is 10. The summed E-state index contributed by atoms with van der Waals surface area (Å²) in [7, 11) is 0. The van der Waals surface area contributed by atoms with Crippen molar-refractivity contribution in [3.05, 3.63) is 194 Å². The lowest BCUT2D eigenvalue weighted by Gasteiger charge is -2.12. The Kier molecular flexibility index (Phi) is 6.86. The largest absolute Gasteiger partial charge is 0.456 e. The molecule has 0 aliphatic heterocycles. The van der Waals surface area contributed by atoms with Crippen molar-refractivity contribution in [2.45, 2.75) is 0 Å². The Balaban J connectivity index is 1.13. The van der Waals surface area contributed by atoms with Crippen LogP contribution in [0.1, 0.15) is 0 Å². The number of hydrogen-bond acceptors (Lipinski definition) is 3. The molecule has 266 valence electrons. The van der Waals surface area contributed by atoms with Crippen LogP contribution >= 0.6 is 0 Å². The van der Waals surface area contributed by atoms with E-state index in [1.54, 1.807) is 0 Å². The number of para-hydroxylation sites is 3.